The Morgan fingerprint density at radius 3 is 1.29 bits per heavy atom. The third-order valence-electron chi connectivity index (χ3n) is 0. The van der Waals surface area contributed by atoms with Crippen molar-refractivity contribution in [2.75, 3.05) is 0 Å². The molecule has 2 N–H and O–H groups in total. The largest absolute Gasteiger partial charge is 0 e. The summed E-state index contributed by atoms with van der Waals surface area (Å²) in [5.41, 5.74) is 0. The first kappa shape index (κ1) is 22.9. The molecule has 7 heavy (non-hydrogen) atoms. The van der Waals surface area contributed by atoms with Crippen LogP contribution in [0.1, 0.15) is 0 Å². The Hall–Kier alpha value is 2.14. The fourth-order valence-electron chi connectivity index (χ4n) is 0. The summed E-state index contributed by atoms with van der Waals surface area (Å²) in [5.74, 6) is 0. The van der Waals surface area contributed by atoms with Crippen LogP contribution in [0.5, 0.6) is 0 Å². The molecule has 0 fully saturated rings. The van der Waals surface area contributed by atoms with Crippen LogP contribution in [-0.2, 0) is 52.4 Å². The van der Waals surface area contributed by atoms with Gasteiger partial charge in [0.05, 0.1) is 0 Å². The van der Waals surface area contributed by atoms with Gasteiger partial charge in [0, 0.05) is 47.9 Å². The Balaban J connectivity index is -0.0000000150. The molecule has 0 saturated heterocycles. The van der Waals surface area contributed by atoms with E-state index in [1.165, 1.54) is 0 Å². The van der Waals surface area contributed by atoms with Gasteiger partial charge in [-0.25, -0.2) is 0 Å². The molecular formula is H4O3PbSiTiZr. The van der Waals surface area contributed by atoms with Gasteiger partial charge in [-0.1, -0.05) is 0 Å². The van der Waals surface area contributed by atoms with Crippen LogP contribution in [0, 0.1) is 0 Å². The summed E-state index contributed by atoms with van der Waals surface area (Å²) in [6.45, 7) is 0. The van der Waals surface area contributed by atoms with E-state index < -0.39 is 9.17 Å². The van der Waals surface area contributed by atoms with Crippen molar-refractivity contribution in [3.8, 4) is 0 Å². The van der Waals surface area contributed by atoms with Gasteiger partial charge >= 0.3 is 36.5 Å². The molecule has 0 aliphatic rings. The van der Waals surface area contributed by atoms with Gasteiger partial charge < -0.3 is 9.59 Å². The molecule has 0 amide bonds. The summed E-state index contributed by atoms with van der Waals surface area (Å²) in [6, 6.07) is 0. The van der Waals surface area contributed by atoms with Crippen LogP contribution in [0.15, 0.2) is 0 Å². The fourth-order valence-corrected chi connectivity index (χ4v) is 0. The molecule has 0 rings (SSSR count). The third kappa shape index (κ3) is 67.1. The van der Waals surface area contributed by atoms with E-state index >= 15 is 0 Å². The third-order valence-corrected chi connectivity index (χ3v) is 0. The second-order valence-corrected chi connectivity index (χ2v) is 0.848. The Morgan fingerprint density at radius 1 is 1.29 bits per heavy atom. The van der Waals surface area contributed by atoms with Gasteiger partial charge in [0.1, 0.15) is 0 Å². The van der Waals surface area contributed by atoms with E-state index in [-0.39, 0.29) is 75.2 Å². The van der Waals surface area contributed by atoms with E-state index in [1.54, 1.807) is 0 Å². The first-order valence-corrected chi connectivity index (χ1v) is 1.95. The summed E-state index contributed by atoms with van der Waals surface area (Å²) in [6.07, 6.45) is 0. The first-order valence-electron chi connectivity index (χ1n) is 0.651. The molecule has 0 atom stereocenters. The Morgan fingerprint density at radius 2 is 1.29 bits per heavy atom. The predicted octanol–water partition coefficient (Wildman–Crippen LogP) is -2.53. The summed E-state index contributed by atoms with van der Waals surface area (Å²) in [7, 11) is -3.13. The molecule has 2 radical (unpaired) electrons. The minimum absolute atomic E-state index is 0. The van der Waals surface area contributed by atoms with Gasteiger partial charge in [-0.05, 0) is 0 Å². The minimum Gasteiger partial charge on any atom is 0 e. The van der Waals surface area contributed by atoms with Crippen molar-refractivity contribution in [2.45, 2.75) is 0 Å². The second kappa shape index (κ2) is 15.7. The monoisotopic (exact) mass is 426 g/mol. The number of hydrogen-bond acceptors (Lipinski definition) is 1. The van der Waals surface area contributed by atoms with E-state index in [0.717, 1.165) is 0 Å². The SMILES string of the molecule is O=[Si](O)O.[PbH2].[Ti].[Zr]. The topological polar surface area (TPSA) is 57.5 Å². The van der Waals surface area contributed by atoms with Gasteiger partial charge in [-0.3, -0.25) is 4.46 Å². The Kier molecular flexibility index (Phi) is 51.4. The van der Waals surface area contributed by atoms with E-state index in [2.05, 4.69) is 0 Å². The van der Waals surface area contributed by atoms with Crippen molar-refractivity contribution < 1.29 is 62.0 Å². The zero-order chi connectivity index (χ0) is 3.58. The van der Waals surface area contributed by atoms with Crippen molar-refractivity contribution in [3.05, 3.63) is 0 Å². The molecule has 0 aromatic heterocycles. The Bertz CT molecular complexity index is 37.9. The second-order valence-electron chi connectivity index (χ2n) is 0.283. The van der Waals surface area contributed by atoms with E-state index in [9.17, 15) is 0 Å². The van der Waals surface area contributed by atoms with Crippen molar-refractivity contribution in [3.63, 3.8) is 0 Å². The molecule has 0 unspecified atom stereocenters. The zero-order valence-electron chi connectivity index (χ0n) is 3.51. The molecule has 0 spiro atoms. The van der Waals surface area contributed by atoms with Crippen LogP contribution < -0.4 is 0 Å². The van der Waals surface area contributed by atoms with Crippen LogP contribution in [0.4, 0.5) is 0 Å². The molecule has 0 bridgehead atoms. The van der Waals surface area contributed by atoms with Crippen LogP contribution >= 0.6 is 0 Å². The van der Waals surface area contributed by atoms with Gasteiger partial charge in [-0.15, -0.1) is 0 Å². The van der Waals surface area contributed by atoms with Crippen LogP contribution in [0.2, 0.25) is 0 Å². The molecule has 0 saturated carbocycles. The van der Waals surface area contributed by atoms with Crippen LogP contribution in [-0.4, -0.2) is 46.1 Å². The minimum atomic E-state index is -3.13. The first-order chi connectivity index (χ1) is 1.73. The van der Waals surface area contributed by atoms with Crippen molar-refractivity contribution in [1.29, 1.82) is 0 Å². The standard InChI is InChI=1S/H2O3Si.Pb.Ti.Zr.2H/c1-4(2)3;;;;;/h1-2H;;;;;. The maximum atomic E-state index is 8.74. The van der Waals surface area contributed by atoms with Gasteiger partial charge in [0.15, 0.2) is 0 Å². The Labute approximate surface area is 97.0 Å². The average molecular weight is 426 g/mol. The molecule has 0 aromatic carbocycles. The number of rotatable bonds is 0. The zero-order valence-corrected chi connectivity index (χ0v) is 14.0. The smallest absolute Gasteiger partial charge is 0 e. The summed E-state index contributed by atoms with van der Waals surface area (Å²) < 4.78 is 8.74. The van der Waals surface area contributed by atoms with Crippen molar-refractivity contribution >= 4 is 36.5 Å². The average Bonchev–Trinajstić information content (AvgIpc) is 0.811. The molecule has 0 heterocycles. The molecule has 0 aromatic rings. The van der Waals surface area contributed by atoms with Gasteiger partial charge in [0.2, 0.25) is 0 Å². The maximum Gasteiger partial charge on any atom is 0 e. The molecule has 0 aliphatic heterocycles. The number of hydrogen-bond donors (Lipinski definition) is 2. The molecular weight excluding hydrogens is 422 g/mol. The fraction of sp³-hybridized carbons (Fsp3) is 0. The normalized spacial score (nSPS) is 3.43. The van der Waals surface area contributed by atoms with Crippen LogP contribution in [0.3, 0.4) is 0 Å². The van der Waals surface area contributed by atoms with Crippen molar-refractivity contribution in [2.24, 2.45) is 0 Å². The molecule has 38 valence electrons. The predicted molar refractivity (Wildman–Crippen MR) is 19.4 cm³/mol. The van der Waals surface area contributed by atoms with E-state index in [4.69, 9.17) is 14.1 Å². The quantitative estimate of drug-likeness (QED) is 0.420. The van der Waals surface area contributed by atoms with E-state index in [0.29, 0.717) is 0 Å². The maximum absolute atomic E-state index is 8.74. The van der Waals surface area contributed by atoms with Crippen LogP contribution in [0.25, 0.3) is 0 Å². The molecule has 0 aliphatic carbocycles. The summed E-state index contributed by atoms with van der Waals surface area (Å²) >= 11 is 0. The molecule has 3 nitrogen and oxygen atoms in total. The molecule has 7 heteroatoms. The van der Waals surface area contributed by atoms with E-state index in [1.807, 2.05) is 0 Å². The summed E-state index contributed by atoms with van der Waals surface area (Å²) in [4.78, 5) is 14.3. The van der Waals surface area contributed by atoms with Crippen molar-refractivity contribution in [1.82, 2.24) is 0 Å². The van der Waals surface area contributed by atoms with Gasteiger partial charge in [-0.2, -0.15) is 0 Å². The van der Waals surface area contributed by atoms with Gasteiger partial charge in [0.25, 0.3) is 0 Å². The summed E-state index contributed by atoms with van der Waals surface area (Å²) in [5, 5.41) is 0.